The van der Waals surface area contributed by atoms with Gasteiger partial charge in [-0.2, -0.15) is 5.26 Å². The molecule has 1 aromatic carbocycles. The molecule has 0 unspecified atom stereocenters. The fraction of sp³-hybridized carbons (Fsp3) is 0.609. The summed E-state index contributed by atoms with van der Waals surface area (Å²) >= 11 is 0. The van der Waals surface area contributed by atoms with Gasteiger partial charge in [0, 0.05) is 17.5 Å². The number of likely N-dealkylation sites (tertiary alicyclic amines) is 1. The molecule has 2 saturated carbocycles. The smallest absolute Gasteiger partial charge is 0.137 e. The van der Waals surface area contributed by atoms with Crippen LogP contribution >= 0.6 is 0 Å². The van der Waals surface area contributed by atoms with Crippen molar-refractivity contribution in [1.82, 2.24) is 14.9 Å². The van der Waals surface area contributed by atoms with E-state index >= 15 is 0 Å². The Kier molecular flexibility index (Phi) is 4.68. The molecule has 1 aromatic heterocycles. The Morgan fingerprint density at radius 1 is 1.07 bits per heavy atom. The molecule has 1 aliphatic heterocycles. The van der Waals surface area contributed by atoms with Crippen LogP contribution in [0.2, 0.25) is 0 Å². The summed E-state index contributed by atoms with van der Waals surface area (Å²) in [6.45, 7) is 2.64. The molecule has 28 heavy (non-hydrogen) atoms. The normalized spacial score (nSPS) is 26.8. The molecule has 0 bridgehead atoms. The zero-order valence-electron chi connectivity index (χ0n) is 16.5. The molecule has 5 rings (SSSR count). The number of piperidine rings is 1. The Hall–Kier alpha value is -2.19. The number of anilines is 1. The Labute approximate surface area is 167 Å². The molecule has 3 fully saturated rings. The third-order valence-corrected chi connectivity index (χ3v) is 7.35. The van der Waals surface area contributed by atoms with E-state index in [1.165, 1.54) is 64.5 Å². The zero-order chi connectivity index (χ0) is 19.0. The SMILES string of the molecule is N#CCc1ccc2ncnc(N[C@H]3CC[C@H](N4CCC5(CC4)CC5)CC3)c2c1. The van der Waals surface area contributed by atoms with Crippen molar-refractivity contribution in [3.05, 3.63) is 30.1 Å². The third kappa shape index (κ3) is 3.58. The summed E-state index contributed by atoms with van der Waals surface area (Å²) < 4.78 is 0. The summed E-state index contributed by atoms with van der Waals surface area (Å²) in [5, 5.41) is 13.7. The molecule has 2 aliphatic carbocycles. The van der Waals surface area contributed by atoms with Crippen LogP contribution < -0.4 is 5.32 Å². The molecule has 5 nitrogen and oxygen atoms in total. The molecular formula is C23H29N5. The Bertz CT molecular complexity index is 879. The first-order valence-corrected chi connectivity index (χ1v) is 10.9. The summed E-state index contributed by atoms with van der Waals surface area (Å²) in [5.74, 6) is 0.918. The molecule has 1 N–H and O–H groups in total. The quantitative estimate of drug-likeness (QED) is 0.863. The molecule has 0 radical (unpaired) electrons. The molecule has 146 valence electrons. The molecule has 1 saturated heterocycles. The van der Waals surface area contributed by atoms with Crippen LogP contribution in [-0.2, 0) is 6.42 Å². The van der Waals surface area contributed by atoms with Crippen molar-refractivity contribution in [1.29, 1.82) is 5.26 Å². The highest BCUT2D eigenvalue weighted by atomic mass is 15.2. The lowest BCUT2D eigenvalue weighted by Gasteiger charge is -2.41. The topological polar surface area (TPSA) is 64.8 Å². The predicted octanol–water partition coefficient (Wildman–Crippen LogP) is 4.29. The van der Waals surface area contributed by atoms with E-state index < -0.39 is 0 Å². The van der Waals surface area contributed by atoms with Crippen LogP contribution in [-0.4, -0.2) is 40.0 Å². The Balaban J connectivity index is 1.22. The summed E-state index contributed by atoms with van der Waals surface area (Å²) in [6.07, 6.45) is 12.9. The molecule has 1 spiro atoms. The minimum Gasteiger partial charge on any atom is -0.367 e. The first-order chi connectivity index (χ1) is 13.7. The number of hydrogen-bond acceptors (Lipinski definition) is 5. The summed E-state index contributed by atoms with van der Waals surface area (Å²) in [7, 11) is 0. The van der Waals surface area contributed by atoms with E-state index in [0.717, 1.165) is 33.7 Å². The Morgan fingerprint density at radius 2 is 1.86 bits per heavy atom. The maximum Gasteiger partial charge on any atom is 0.137 e. The van der Waals surface area contributed by atoms with Crippen LogP contribution in [0.5, 0.6) is 0 Å². The van der Waals surface area contributed by atoms with E-state index in [2.05, 4.69) is 32.3 Å². The van der Waals surface area contributed by atoms with Gasteiger partial charge in [-0.25, -0.2) is 9.97 Å². The monoisotopic (exact) mass is 375 g/mol. The van der Waals surface area contributed by atoms with Gasteiger partial charge in [-0.3, -0.25) is 0 Å². The molecule has 3 aliphatic rings. The second-order valence-corrected chi connectivity index (χ2v) is 9.09. The molecule has 0 atom stereocenters. The lowest BCUT2D eigenvalue weighted by molar-refractivity contribution is 0.0975. The average molecular weight is 376 g/mol. The van der Waals surface area contributed by atoms with E-state index in [1.807, 2.05) is 12.1 Å². The van der Waals surface area contributed by atoms with Crippen molar-refractivity contribution in [3.8, 4) is 6.07 Å². The van der Waals surface area contributed by atoms with E-state index in [4.69, 9.17) is 5.26 Å². The van der Waals surface area contributed by atoms with Gasteiger partial charge in [-0.1, -0.05) is 6.07 Å². The number of rotatable bonds is 4. The number of hydrogen-bond donors (Lipinski definition) is 1. The van der Waals surface area contributed by atoms with Gasteiger partial charge in [0.05, 0.1) is 18.0 Å². The highest BCUT2D eigenvalue weighted by molar-refractivity contribution is 5.89. The first kappa shape index (κ1) is 17.9. The van der Waals surface area contributed by atoms with Gasteiger partial charge in [0.1, 0.15) is 12.1 Å². The number of aromatic nitrogens is 2. The number of benzene rings is 1. The summed E-state index contributed by atoms with van der Waals surface area (Å²) in [4.78, 5) is 11.7. The molecule has 0 amide bonds. The third-order valence-electron chi connectivity index (χ3n) is 7.35. The average Bonchev–Trinajstić information content (AvgIpc) is 3.49. The lowest BCUT2D eigenvalue weighted by atomic mass is 9.86. The van der Waals surface area contributed by atoms with Crippen molar-refractivity contribution in [2.24, 2.45) is 5.41 Å². The van der Waals surface area contributed by atoms with Crippen molar-refractivity contribution in [2.75, 3.05) is 18.4 Å². The van der Waals surface area contributed by atoms with E-state index in [0.29, 0.717) is 12.5 Å². The van der Waals surface area contributed by atoms with Gasteiger partial charge < -0.3 is 10.2 Å². The van der Waals surface area contributed by atoms with Crippen LogP contribution in [0.15, 0.2) is 24.5 Å². The van der Waals surface area contributed by atoms with Crippen LogP contribution in [0.1, 0.15) is 56.9 Å². The minimum atomic E-state index is 0.423. The highest BCUT2D eigenvalue weighted by Crippen LogP contribution is 2.54. The number of nitrogens with one attached hydrogen (secondary N) is 1. The Morgan fingerprint density at radius 3 is 2.57 bits per heavy atom. The van der Waals surface area contributed by atoms with Crippen LogP contribution in [0, 0.1) is 16.7 Å². The maximum atomic E-state index is 8.99. The van der Waals surface area contributed by atoms with Gasteiger partial charge in [-0.05, 0) is 87.6 Å². The fourth-order valence-electron chi connectivity index (χ4n) is 5.24. The standard InChI is InChI=1S/C23H29N5/c24-12-7-17-1-6-21-20(15-17)22(26-16-25-21)27-18-2-4-19(5-3-18)28-13-10-23(8-9-23)11-14-28/h1,6,15-16,18-19H,2-5,7-11,13-14H2,(H,25,26,27)/t18-,19-. The minimum absolute atomic E-state index is 0.423. The molecule has 2 heterocycles. The van der Waals surface area contributed by atoms with Crippen molar-refractivity contribution in [2.45, 2.75) is 69.9 Å². The maximum absolute atomic E-state index is 8.99. The molecule has 2 aromatic rings. The predicted molar refractivity (Wildman–Crippen MR) is 111 cm³/mol. The largest absolute Gasteiger partial charge is 0.367 e. The van der Waals surface area contributed by atoms with Crippen molar-refractivity contribution < 1.29 is 0 Å². The summed E-state index contributed by atoms with van der Waals surface area (Å²) in [5.41, 5.74) is 2.73. The lowest BCUT2D eigenvalue weighted by Crippen LogP contribution is -2.45. The van der Waals surface area contributed by atoms with E-state index in [9.17, 15) is 0 Å². The first-order valence-electron chi connectivity index (χ1n) is 10.9. The van der Waals surface area contributed by atoms with Gasteiger partial charge in [0.25, 0.3) is 0 Å². The number of nitrogens with zero attached hydrogens (tertiary/aromatic N) is 4. The van der Waals surface area contributed by atoms with E-state index in [-0.39, 0.29) is 0 Å². The van der Waals surface area contributed by atoms with Gasteiger partial charge in [-0.15, -0.1) is 0 Å². The highest BCUT2D eigenvalue weighted by Gasteiger charge is 2.45. The van der Waals surface area contributed by atoms with E-state index in [1.54, 1.807) is 6.33 Å². The van der Waals surface area contributed by atoms with Crippen molar-refractivity contribution >= 4 is 16.7 Å². The van der Waals surface area contributed by atoms with Gasteiger partial charge >= 0.3 is 0 Å². The van der Waals surface area contributed by atoms with Crippen LogP contribution in [0.4, 0.5) is 5.82 Å². The van der Waals surface area contributed by atoms with Crippen molar-refractivity contribution in [3.63, 3.8) is 0 Å². The second-order valence-electron chi connectivity index (χ2n) is 9.09. The van der Waals surface area contributed by atoms with Crippen LogP contribution in [0.25, 0.3) is 10.9 Å². The fourth-order valence-corrected chi connectivity index (χ4v) is 5.24. The second kappa shape index (κ2) is 7.33. The number of nitriles is 1. The van der Waals surface area contributed by atoms with Gasteiger partial charge in [0.2, 0.25) is 0 Å². The molecule has 5 heteroatoms. The number of fused-ring (bicyclic) bond motifs is 1. The van der Waals surface area contributed by atoms with Crippen LogP contribution in [0.3, 0.4) is 0 Å². The summed E-state index contributed by atoms with van der Waals surface area (Å²) in [6, 6.07) is 9.53. The van der Waals surface area contributed by atoms with Gasteiger partial charge in [0.15, 0.2) is 0 Å². The molecular weight excluding hydrogens is 346 g/mol. The zero-order valence-corrected chi connectivity index (χ0v) is 16.5.